The molecule has 3 aromatic rings. The van der Waals surface area contributed by atoms with Gasteiger partial charge in [0.15, 0.2) is 5.78 Å². The molecule has 0 aliphatic heterocycles. The van der Waals surface area contributed by atoms with Crippen LogP contribution >= 0.6 is 0 Å². The predicted molar refractivity (Wildman–Crippen MR) is 109 cm³/mol. The summed E-state index contributed by atoms with van der Waals surface area (Å²) in [5, 5.41) is 0. The average molecular weight is 395 g/mol. The van der Waals surface area contributed by atoms with Crippen molar-refractivity contribution in [2.24, 2.45) is 0 Å². The van der Waals surface area contributed by atoms with Crippen molar-refractivity contribution in [3.05, 3.63) is 89.5 Å². The highest BCUT2D eigenvalue weighted by Gasteiger charge is 2.16. The van der Waals surface area contributed by atoms with Gasteiger partial charge in [-0.15, -0.1) is 0 Å². The van der Waals surface area contributed by atoms with Crippen molar-refractivity contribution < 1.29 is 17.9 Å². The maximum absolute atomic E-state index is 12.7. The summed E-state index contributed by atoms with van der Waals surface area (Å²) < 4.78 is 33.5. The minimum Gasteiger partial charge on any atom is -0.496 e. The number of benzene rings is 3. The molecule has 3 aromatic carbocycles. The Bertz CT molecular complexity index is 1090. The number of rotatable bonds is 7. The molecular weight excluding hydrogens is 374 g/mol. The summed E-state index contributed by atoms with van der Waals surface area (Å²) in [4.78, 5) is 11.6. The summed E-state index contributed by atoms with van der Waals surface area (Å²) in [5.41, 5.74) is 2.74. The van der Waals surface area contributed by atoms with E-state index in [1.807, 2.05) is 30.3 Å². The Hall–Kier alpha value is -3.12. The summed E-state index contributed by atoms with van der Waals surface area (Å²) in [7, 11) is -2.24. The predicted octanol–water partition coefficient (Wildman–Crippen LogP) is 4.29. The first-order valence-electron chi connectivity index (χ1n) is 8.74. The molecule has 3 rings (SSSR count). The number of carbonyl (C=O) groups excluding carboxylic acids is 1. The molecule has 0 fully saturated rings. The number of sulfonamides is 1. The number of methoxy groups -OCH3 is 1. The molecule has 0 unspecified atom stereocenters. The van der Waals surface area contributed by atoms with Crippen LogP contribution in [0, 0.1) is 0 Å². The second-order valence-corrected chi connectivity index (χ2v) is 8.06. The standard InChI is InChI=1S/C22H21NO4S/c1-16(24)18-9-6-10-21(15-18)28(25,26)23-20-11-12-22(27-2)19(14-20)13-17-7-4-3-5-8-17/h3-12,14-15,23H,13H2,1-2H3. The number of nitrogens with one attached hydrogen (secondary N) is 1. The normalized spacial score (nSPS) is 11.1. The topological polar surface area (TPSA) is 72.5 Å². The first kappa shape index (κ1) is 19.6. The third kappa shape index (κ3) is 4.58. The summed E-state index contributed by atoms with van der Waals surface area (Å²) >= 11 is 0. The molecule has 1 N–H and O–H groups in total. The van der Waals surface area contributed by atoms with Crippen LogP contribution in [0.25, 0.3) is 0 Å². The molecule has 0 saturated heterocycles. The van der Waals surface area contributed by atoms with Crippen molar-refractivity contribution in [2.45, 2.75) is 18.2 Å². The maximum Gasteiger partial charge on any atom is 0.261 e. The van der Waals surface area contributed by atoms with Crippen LogP contribution in [0.4, 0.5) is 5.69 Å². The van der Waals surface area contributed by atoms with Crippen molar-refractivity contribution in [1.29, 1.82) is 0 Å². The molecular formula is C22H21NO4S. The molecule has 0 atom stereocenters. The van der Waals surface area contributed by atoms with Gasteiger partial charge in [0.1, 0.15) is 5.75 Å². The number of carbonyl (C=O) groups is 1. The van der Waals surface area contributed by atoms with Gasteiger partial charge in [0.05, 0.1) is 12.0 Å². The van der Waals surface area contributed by atoms with Gasteiger partial charge in [-0.3, -0.25) is 9.52 Å². The molecule has 5 nitrogen and oxygen atoms in total. The Balaban J connectivity index is 1.90. The monoisotopic (exact) mass is 395 g/mol. The van der Waals surface area contributed by atoms with E-state index in [4.69, 9.17) is 4.74 Å². The lowest BCUT2D eigenvalue weighted by Crippen LogP contribution is -2.14. The van der Waals surface area contributed by atoms with Gasteiger partial charge in [-0.1, -0.05) is 42.5 Å². The van der Waals surface area contributed by atoms with Crippen LogP contribution in [-0.4, -0.2) is 21.3 Å². The molecule has 0 aliphatic rings. The van der Waals surface area contributed by atoms with Crippen LogP contribution in [0.3, 0.4) is 0 Å². The Morgan fingerprint density at radius 1 is 0.964 bits per heavy atom. The smallest absolute Gasteiger partial charge is 0.261 e. The zero-order chi connectivity index (χ0) is 20.1. The Morgan fingerprint density at radius 3 is 2.39 bits per heavy atom. The third-order valence-corrected chi connectivity index (χ3v) is 5.70. The fourth-order valence-corrected chi connectivity index (χ4v) is 3.99. The minimum atomic E-state index is -3.82. The number of anilines is 1. The van der Waals surface area contributed by atoms with E-state index >= 15 is 0 Å². The molecule has 6 heteroatoms. The van der Waals surface area contributed by atoms with Gasteiger partial charge >= 0.3 is 0 Å². The number of hydrogen-bond acceptors (Lipinski definition) is 4. The molecule has 0 amide bonds. The minimum absolute atomic E-state index is 0.0422. The summed E-state index contributed by atoms with van der Waals surface area (Å²) in [5.74, 6) is 0.497. The van der Waals surface area contributed by atoms with Gasteiger partial charge in [-0.05, 0) is 42.8 Å². The highest BCUT2D eigenvalue weighted by Crippen LogP contribution is 2.27. The van der Waals surface area contributed by atoms with Crippen molar-refractivity contribution in [3.8, 4) is 5.75 Å². The molecule has 0 bridgehead atoms. The van der Waals surface area contributed by atoms with Gasteiger partial charge in [0.2, 0.25) is 0 Å². The first-order chi connectivity index (χ1) is 13.4. The molecule has 0 spiro atoms. The first-order valence-corrected chi connectivity index (χ1v) is 10.2. The quantitative estimate of drug-likeness (QED) is 0.606. The fraction of sp³-hybridized carbons (Fsp3) is 0.136. The van der Waals surface area contributed by atoms with E-state index in [0.717, 1.165) is 11.1 Å². The van der Waals surface area contributed by atoms with Gasteiger partial charge in [0.25, 0.3) is 10.0 Å². The molecule has 0 heterocycles. The zero-order valence-corrected chi connectivity index (χ0v) is 16.5. The van der Waals surface area contributed by atoms with Crippen molar-refractivity contribution in [3.63, 3.8) is 0 Å². The van der Waals surface area contributed by atoms with Crippen LogP contribution in [0.15, 0.2) is 77.7 Å². The van der Waals surface area contributed by atoms with Gasteiger partial charge in [-0.25, -0.2) is 8.42 Å². The van der Waals surface area contributed by atoms with Crippen molar-refractivity contribution in [2.75, 3.05) is 11.8 Å². The Labute approximate surface area is 165 Å². The summed E-state index contributed by atoms with van der Waals surface area (Å²) in [6.45, 7) is 1.40. The lowest BCUT2D eigenvalue weighted by molar-refractivity contribution is 0.101. The zero-order valence-electron chi connectivity index (χ0n) is 15.7. The number of ketones is 1. The Kier molecular flexibility index (Phi) is 5.80. The second kappa shape index (κ2) is 8.27. The van der Waals surface area contributed by atoms with Crippen LogP contribution in [0.1, 0.15) is 28.4 Å². The SMILES string of the molecule is COc1ccc(NS(=O)(=O)c2cccc(C(C)=O)c2)cc1Cc1ccccc1. The van der Waals surface area contributed by atoms with Crippen LogP contribution in [-0.2, 0) is 16.4 Å². The van der Waals surface area contributed by atoms with Gasteiger partial charge in [0, 0.05) is 23.2 Å². The summed E-state index contributed by atoms with van der Waals surface area (Å²) in [6.07, 6.45) is 0.611. The Morgan fingerprint density at radius 2 is 1.71 bits per heavy atom. The lowest BCUT2D eigenvalue weighted by atomic mass is 10.0. The lowest BCUT2D eigenvalue weighted by Gasteiger charge is -2.13. The number of hydrogen-bond donors (Lipinski definition) is 1. The van der Waals surface area contributed by atoms with E-state index in [9.17, 15) is 13.2 Å². The highest BCUT2D eigenvalue weighted by atomic mass is 32.2. The maximum atomic E-state index is 12.7. The van der Waals surface area contributed by atoms with E-state index in [2.05, 4.69) is 4.72 Å². The van der Waals surface area contributed by atoms with Crippen LogP contribution < -0.4 is 9.46 Å². The van der Waals surface area contributed by atoms with E-state index in [0.29, 0.717) is 23.4 Å². The van der Waals surface area contributed by atoms with Gasteiger partial charge < -0.3 is 4.74 Å². The van der Waals surface area contributed by atoms with Crippen molar-refractivity contribution >= 4 is 21.5 Å². The second-order valence-electron chi connectivity index (χ2n) is 6.38. The van der Waals surface area contributed by atoms with E-state index in [1.165, 1.54) is 19.1 Å². The van der Waals surface area contributed by atoms with E-state index < -0.39 is 10.0 Å². The van der Waals surface area contributed by atoms with Crippen LogP contribution in [0.5, 0.6) is 5.75 Å². The average Bonchev–Trinajstić information content (AvgIpc) is 2.69. The molecule has 0 radical (unpaired) electrons. The molecule has 144 valence electrons. The largest absolute Gasteiger partial charge is 0.496 e. The van der Waals surface area contributed by atoms with E-state index in [-0.39, 0.29) is 10.7 Å². The molecule has 28 heavy (non-hydrogen) atoms. The van der Waals surface area contributed by atoms with Gasteiger partial charge in [-0.2, -0.15) is 0 Å². The number of ether oxygens (including phenoxy) is 1. The molecule has 0 aliphatic carbocycles. The highest BCUT2D eigenvalue weighted by molar-refractivity contribution is 7.92. The fourth-order valence-electron chi connectivity index (χ4n) is 2.89. The summed E-state index contributed by atoms with van der Waals surface area (Å²) in [6, 6.07) is 21.0. The third-order valence-electron chi connectivity index (χ3n) is 4.32. The molecule has 0 saturated carbocycles. The van der Waals surface area contributed by atoms with E-state index in [1.54, 1.807) is 37.4 Å². The number of Topliss-reactive ketones (excluding diaryl/α,β-unsaturated/α-hetero) is 1. The van der Waals surface area contributed by atoms with Crippen molar-refractivity contribution in [1.82, 2.24) is 0 Å². The van der Waals surface area contributed by atoms with Crippen LogP contribution in [0.2, 0.25) is 0 Å². The molecule has 0 aromatic heterocycles.